The summed E-state index contributed by atoms with van der Waals surface area (Å²) in [5.41, 5.74) is 6.77. The molecular weight excluding hydrogens is 162 g/mol. The standard InChI is InChI=1S/C10H15N3/c1-3-4-5-6-13-8-10(7-12-13)9(2)11/h1,7-9H,4-6,11H2,2H3/t9-/m1/s1. The summed E-state index contributed by atoms with van der Waals surface area (Å²) >= 11 is 0. The van der Waals surface area contributed by atoms with Gasteiger partial charge in [0.15, 0.2) is 0 Å². The SMILES string of the molecule is C#CCCCn1cc([C@@H](C)N)cn1. The van der Waals surface area contributed by atoms with Crippen molar-refractivity contribution < 1.29 is 0 Å². The molecule has 0 aliphatic heterocycles. The first-order valence-corrected chi connectivity index (χ1v) is 4.45. The van der Waals surface area contributed by atoms with Gasteiger partial charge in [-0.3, -0.25) is 4.68 Å². The second-order valence-electron chi connectivity index (χ2n) is 3.13. The molecule has 1 atom stereocenters. The molecule has 1 aromatic rings. The molecule has 70 valence electrons. The maximum atomic E-state index is 5.70. The fourth-order valence-corrected chi connectivity index (χ4v) is 1.08. The molecule has 0 aromatic carbocycles. The molecule has 0 spiro atoms. The Morgan fingerprint density at radius 2 is 2.54 bits per heavy atom. The number of rotatable bonds is 4. The molecule has 0 bridgehead atoms. The predicted molar refractivity (Wildman–Crippen MR) is 52.9 cm³/mol. The van der Waals surface area contributed by atoms with Crippen LogP contribution in [0.1, 0.15) is 31.4 Å². The third-order valence-corrected chi connectivity index (χ3v) is 1.89. The Morgan fingerprint density at radius 1 is 1.77 bits per heavy atom. The molecule has 0 fully saturated rings. The molecule has 3 nitrogen and oxygen atoms in total. The van der Waals surface area contributed by atoms with Crippen LogP contribution in [0.2, 0.25) is 0 Å². The van der Waals surface area contributed by atoms with Crippen LogP contribution >= 0.6 is 0 Å². The van der Waals surface area contributed by atoms with Crippen molar-refractivity contribution in [2.75, 3.05) is 0 Å². The average molecular weight is 177 g/mol. The lowest BCUT2D eigenvalue weighted by Crippen LogP contribution is -2.03. The van der Waals surface area contributed by atoms with E-state index in [1.54, 1.807) is 6.20 Å². The van der Waals surface area contributed by atoms with Gasteiger partial charge in [0.1, 0.15) is 0 Å². The lowest BCUT2D eigenvalue weighted by molar-refractivity contribution is 0.586. The molecule has 0 saturated carbocycles. The van der Waals surface area contributed by atoms with Crippen LogP contribution in [-0.2, 0) is 6.54 Å². The van der Waals surface area contributed by atoms with Crippen LogP contribution in [0.5, 0.6) is 0 Å². The number of aryl methyl sites for hydroxylation is 1. The highest BCUT2D eigenvalue weighted by Crippen LogP contribution is 2.07. The van der Waals surface area contributed by atoms with E-state index in [0.717, 1.165) is 24.9 Å². The fraction of sp³-hybridized carbons (Fsp3) is 0.500. The first-order chi connectivity index (χ1) is 6.24. The van der Waals surface area contributed by atoms with Crippen LogP contribution in [-0.4, -0.2) is 9.78 Å². The van der Waals surface area contributed by atoms with Crippen LogP contribution in [0.3, 0.4) is 0 Å². The normalized spacial score (nSPS) is 12.4. The Morgan fingerprint density at radius 3 is 3.08 bits per heavy atom. The summed E-state index contributed by atoms with van der Waals surface area (Å²) in [5, 5.41) is 4.18. The van der Waals surface area contributed by atoms with E-state index in [9.17, 15) is 0 Å². The van der Waals surface area contributed by atoms with Gasteiger partial charge in [-0.1, -0.05) is 0 Å². The summed E-state index contributed by atoms with van der Waals surface area (Å²) in [7, 11) is 0. The molecule has 3 heteroatoms. The molecule has 2 N–H and O–H groups in total. The highest BCUT2D eigenvalue weighted by molar-refractivity contribution is 5.08. The molecule has 1 rings (SSSR count). The summed E-state index contributed by atoms with van der Waals surface area (Å²) in [6, 6.07) is 0.0568. The van der Waals surface area contributed by atoms with Gasteiger partial charge in [0.25, 0.3) is 0 Å². The number of nitrogens with two attached hydrogens (primary N) is 1. The highest BCUT2D eigenvalue weighted by atomic mass is 15.3. The summed E-state index contributed by atoms with van der Waals surface area (Å²) in [6.45, 7) is 2.82. The maximum absolute atomic E-state index is 5.70. The van der Waals surface area contributed by atoms with Gasteiger partial charge in [-0.25, -0.2) is 0 Å². The molecule has 0 saturated heterocycles. The summed E-state index contributed by atoms with van der Waals surface area (Å²) in [4.78, 5) is 0. The smallest absolute Gasteiger partial charge is 0.0537 e. The lowest BCUT2D eigenvalue weighted by atomic mass is 10.2. The fourth-order valence-electron chi connectivity index (χ4n) is 1.08. The van der Waals surface area contributed by atoms with Crippen LogP contribution < -0.4 is 5.73 Å². The van der Waals surface area contributed by atoms with Crippen LogP contribution in [0.4, 0.5) is 0 Å². The molecule has 0 radical (unpaired) electrons. The number of aromatic nitrogens is 2. The zero-order chi connectivity index (χ0) is 9.68. The van der Waals surface area contributed by atoms with Gasteiger partial charge in [-0.2, -0.15) is 5.10 Å². The van der Waals surface area contributed by atoms with E-state index in [-0.39, 0.29) is 6.04 Å². The van der Waals surface area contributed by atoms with Gasteiger partial charge in [0.05, 0.1) is 6.20 Å². The quantitative estimate of drug-likeness (QED) is 0.556. The first kappa shape index (κ1) is 9.82. The minimum atomic E-state index is 0.0568. The molecule has 0 aliphatic rings. The van der Waals surface area contributed by atoms with E-state index < -0.39 is 0 Å². The first-order valence-electron chi connectivity index (χ1n) is 4.45. The highest BCUT2D eigenvalue weighted by Gasteiger charge is 2.01. The predicted octanol–water partition coefficient (Wildman–Crippen LogP) is 1.32. The molecule has 0 unspecified atom stereocenters. The zero-order valence-corrected chi connectivity index (χ0v) is 7.90. The van der Waals surface area contributed by atoms with Gasteiger partial charge in [-0.15, -0.1) is 12.3 Å². The summed E-state index contributed by atoms with van der Waals surface area (Å²) in [6.07, 6.45) is 10.7. The van der Waals surface area contributed by atoms with Crippen molar-refractivity contribution in [1.82, 2.24) is 9.78 Å². The van der Waals surface area contributed by atoms with E-state index >= 15 is 0 Å². The number of hydrogen-bond donors (Lipinski definition) is 1. The zero-order valence-electron chi connectivity index (χ0n) is 7.90. The van der Waals surface area contributed by atoms with E-state index in [2.05, 4.69) is 11.0 Å². The Balaban J connectivity index is 2.45. The van der Waals surface area contributed by atoms with Crippen molar-refractivity contribution in [3.63, 3.8) is 0 Å². The molecule has 1 aromatic heterocycles. The second kappa shape index (κ2) is 4.68. The Bertz CT molecular complexity index is 293. The topological polar surface area (TPSA) is 43.8 Å². The van der Waals surface area contributed by atoms with Crippen molar-refractivity contribution in [1.29, 1.82) is 0 Å². The summed E-state index contributed by atoms with van der Waals surface area (Å²) in [5.74, 6) is 2.60. The van der Waals surface area contributed by atoms with E-state index in [1.807, 2.05) is 17.8 Å². The van der Waals surface area contributed by atoms with Crippen molar-refractivity contribution >= 4 is 0 Å². The lowest BCUT2D eigenvalue weighted by Gasteiger charge is -1.99. The van der Waals surface area contributed by atoms with Crippen LogP contribution in [0.15, 0.2) is 12.4 Å². The minimum Gasteiger partial charge on any atom is -0.324 e. The molecule has 0 aliphatic carbocycles. The Hall–Kier alpha value is -1.27. The van der Waals surface area contributed by atoms with Crippen LogP contribution in [0, 0.1) is 12.3 Å². The Labute approximate surface area is 78.9 Å². The molecule has 1 heterocycles. The van der Waals surface area contributed by atoms with Crippen molar-refractivity contribution in [2.45, 2.75) is 32.4 Å². The number of terminal acetylenes is 1. The van der Waals surface area contributed by atoms with Crippen molar-refractivity contribution in [3.05, 3.63) is 18.0 Å². The monoisotopic (exact) mass is 177 g/mol. The van der Waals surface area contributed by atoms with Gasteiger partial charge >= 0.3 is 0 Å². The Kier molecular flexibility index (Phi) is 3.53. The minimum absolute atomic E-state index is 0.0568. The summed E-state index contributed by atoms with van der Waals surface area (Å²) < 4.78 is 1.88. The van der Waals surface area contributed by atoms with Crippen molar-refractivity contribution in [3.8, 4) is 12.3 Å². The third kappa shape index (κ3) is 2.92. The van der Waals surface area contributed by atoms with Gasteiger partial charge in [0, 0.05) is 30.8 Å². The molecule has 0 amide bonds. The number of nitrogens with zero attached hydrogens (tertiary/aromatic N) is 2. The second-order valence-corrected chi connectivity index (χ2v) is 3.13. The average Bonchev–Trinajstić information content (AvgIpc) is 2.53. The largest absolute Gasteiger partial charge is 0.324 e. The third-order valence-electron chi connectivity index (χ3n) is 1.89. The number of unbranched alkanes of at least 4 members (excludes halogenated alkanes) is 1. The van der Waals surface area contributed by atoms with E-state index in [4.69, 9.17) is 12.2 Å². The van der Waals surface area contributed by atoms with Gasteiger partial charge in [-0.05, 0) is 13.3 Å². The van der Waals surface area contributed by atoms with Gasteiger partial charge in [0.2, 0.25) is 0 Å². The van der Waals surface area contributed by atoms with E-state index in [1.165, 1.54) is 0 Å². The maximum Gasteiger partial charge on any atom is 0.0537 e. The van der Waals surface area contributed by atoms with Crippen molar-refractivity contribution in [2.24, 2.45) is 5.73 Å². The molecule has 13 heavy (non-hydrogen) atoms. The molecular formula is C10H15N3. The van der Waals surface area contributed by atoms with Gasteiger partial charge < -0.3 is 5.73 Å². The van der Waals surface area contributed by atoms with Crippen LogP contribution in [0.25, 0.3) is 0 Å². The van der Waals surface area contributed by atoms with E-state index in [0.29, 0.717) is 0 Å². The number of hydrogen-bond acceptors (Lipinski definition) is 2.